The maximum atomic E-state index is 8.93. The van der Waals surface area contributed by atoms with Gasteiger partial charge in [0.25, 0.3) is 0 Å². The van der Waals surface area contributed by atoms with Crippen molar-refractivity contribution in [3.63, 3.8) is 0 Å². The van der Waals surface area contributed by atoms with Crippen LogP contribution in [0.25, 0.3) is 16.9 Å². The zero-order valence-corrected chi connectivity index (χ0v) is 21.1. The Morgan fingerprint density at radius 2 is 1.89 bits per heavy atom. The second-order valence-electron chi connectivity index (χ2n) is 8.71. The van der Waals surface area contributed by atoms with Crippen LogP contribution in [0, 0.1) is 17.2 Å². The van der Waals surface area contributed by atoms with Gasteiger partial charge in [-0.05, 0) is 55.5 Å². The summed E-state index contributed by atoms with van der Waals surface area (Å²) in [5.41, 5.74) is 3.88. The average Bonchev–Trinajstić information content (AvgIpc) is 3.30. The van der Waals surface area contributed by atoms with Gasteiger partial charge in [-0.25, -0.2) is 15.0 Å². The van der Waals surface area contributed by atoms with Crippen LogP contribution in [0.15, 0.2) is 48.8 Å². The van der Waals surface area contributed by atoms with Gasteiger partial charge in [-0.2, -0.15) is 5.26 Å². The lowest BCUT2D eigenvalue weighted by Crippen LogP contribution is -2.17. The van der Waals surface area contributed by atoms with Crippen molar-refractivity contribution in [2.24, 2.45) is 5.92 Å². The molecule has 2 N–H and O–H groups in total. The van der Waals surface area contributed by atoms with Gasteiger partial charge in [0.2, 0.25) is 5.95 Å². The molecule has 0 bridgehead atoms. The second-order valence-corrected chi connectivity index (χ2v) is 9.55. The van der Waals surface area contributed by atoms with Gasteiger partial charge < -0.3 is 15.4 Å². The van der Waals surface area contributed by atoms with E-state index in [1.165, 1.54) is 0 Å². The van der Waals surface area contributed by atoms with Gasteiger partial charge in [0, 0.05) is 55.3 Å². The third kappa shape index (κ3) is 5.71. The molecule has 0 saturated carbocycles. The Hall–Kier alpha value is -3.38. The van der Waals surface area contributed by atoms with Gasteiger partial charge in [-0.1, -0.05) is 23.2 Å². The first-order valence-corrected chi connectivity index (χ1v) is 12.6. The number of imidazole rings is 1. The first-order valence-electron chi connectivity index (χ1n) is 11.8. The monoisotopic (exact) mass is 521 g/mol. The topological polar surface area (TPSA) is 100 Å². The van der Waals surface area contributed by atoms with Gasteiger partial charge >= 0.3 is 0 Å². The molecule has 0 spiro atoms. The Bertz CT molecular complexity index is 1390. The first kappa shape index (κ1) is 24.3. The van der Waals surface area contributed by atoms with Crippen LogP contribution >= 0.6 is 23.2 Å². The van der Waals surface area contributed by atoms with Crippen LogP contribution in [0.2, 0.25) is 10.0 Å². The Kier molecular flexibility index (Phi) is 7.52. The number of fused-ring (bicyclic) bond motifs is 1. The smallest absolute Gasteiger partial charge is 0.209 e. The number of anilines is 2. The summed E-state index contributed by atoms with van der Waals surface area (Å²) in [4.78, 5) is 14.0. The van der Waals surface area contributed by atoms with Crippen molar-refractivity contribution in [2.75, 3.05) is 36.9 Å². The number of aromatic nitrogens is 4. The Morgan fingerprint density at radius 1 is 1.06 bits per heavy atom. The highest BCUT2D eigenvalue weighted by Crippen LogP contribution is 2.31. The zero-order chi connectivity index (χ0) is 24.9. The lowest BCUT2D eigenvalue weighted by atomic mass is 9.95. The minimum Gasteiger partial charge on any atom is -0.381 e. The molecule has 4 heterocycles. The molecular weight excluding hydrogens is 497 g/mol. The second kappa shape index (κ2) is 11.1. The molecule has 1 saturated heterocycles. The number of hydrogen-bond donors (Lipinski definition) is 2. The molecule has 8 nitrogen and oxygen atoms in total. The van der Waals surface area contributed by atoms with Gasteiger partial charge in [-0.3, -0.25) is 4.40 Å². The third-order valence-electron chi connectivity index (χ3n) is 6.16. The van der Waals surface area contributed by atoms with Crippen molar-refractivity contribution >= 4 is 40.6 Å². The fraction of sp³-hybridized carbons (Fsp3) is 0.308. The normalized spacial score (nSPS) is 14.0. The van der Waals surface area contributed by atoms with E-state index in [0.717, 1.165) is 55.1 Å². The summed E-state index contributed by atoms with van der Waals surface area (Å²) in [6.07, 6.45) is 6.62. The van der Waals surface area contributed by atoms with Crippen LogP contribution in [-0.4, -0.2) is 45.7 Å². The highest BCUT2D eigenvalue weighted by Gasteiger charge is 2.18. The van der Waals surface area contributed by atoms with Crippen molar-refractivity contribution < 1.29 is 4.74 Å². The number of nitrogens with zero attached hydrogens (tertiary/aromatic N) is 5. The van der Waals surface area contributed by atoms with Crippen molar-refractivity contribution in [3.05, 3.63) is 70.1 Å². The van der Waals surface area contributed by atoms with E-state index >= 15 is 0 Å². The molecule has 1 fully saturated rings. The summed E-state index contributed by atoms with van der Waals surface area (Å²) >= 11 is 12.6. The lowest BCUT2D eigenvalue weighted by molar-refractivity contribution is 0.0663. The average molecular weight is 522 g/mol. The summed E-state index contributed by atoms with van der Waals surface area (Å²) < 4.78 is 7.49. The number of ether oxygens (including phenoxy) is 1. The fourth-order valence-electron chi connectivity index (χ4n) is 4.27. The van der Waals surface area contributed by atoms with E-state index in [4.69, 9.17) is 43.2 Å². The van der Waals surface area contributed by atoms with E-state index in [9.17, 15) is 0 Å². The van der Waals surface area contributed by atoms with Gasteiger partial charge in [0.1, 0.15) is 17.5 Å². The Labute approximate surface area is 219 Å². The predicted molar refractivity (Wildman–Crippen MR) is 142 cm³/mol. The van der Waals surface area contributed by atoms with Gasteiger partial charge in [0.05, 0.1) is 22.0 Å². The van der Waals surface area contributed by atoms with Crippen LogP contribution in [0.4, 0.5) is 11.8 Å². The molecule has 1 aliphatic rings. The largest absolute Gasteiger partial charge is 0.381 e. The van der Waals surface area contributed by atoms with Crippen molar-refractivity contribution in [1.29, 1.82) is 5.26 Å². The van der Waals surface area contributed by atoms with Crippen LogP contribution in [0.1, 0.15) is 24.1 Å². The summed E-state index contributed by atoms with van der Waals surface area (Å²) in [6.45, 7) is 2.83. The van der Waals surface area contributed by atoms with E-state index < -0.39 is 0 Å². The van der Waals surface area contributed by atoms with E-state index in [1.54, 1.807) is 30.5 Å². The summed E-state index contributed by atoms with van der Waals surface area (Å²) in [6, 6.07) is 12.9. The Morgan fingerprint density at radius 3 is 2.64 bits per heavy atom. The molecule has 1 aliphatic heterocycles. The number of pyridine rings is 1. The molecule has 3 aromatic heterocycles. The first-order chi connectivity index (χ1) is 17.6. The molecule has 36 heavy (non-hydrogen) atoms. The van der Waals surface area contributed by atoms with Crippen LogP contribution in [0.3, 0.4) is 0 Å². The van der Waals surface area contributed by atoms with Gasteiger partial charge in [0.15, 0.2) is 0 Å². The molecule has 5 rings (SSSR count). The molecule has 0 aliphatic carbocycles. The molecule has 0 unspecified atom stereocenters. The van der Waals surface area contributed by atoms with Crippen molar-refractivity contribution in [2.45, 2.75) is 19.3 Å². The molecule has 10 heteroatoms. The Balaban J connectivity index is 1.38. The molecular formula is C26H25Cl2N7O. The molecule has 4 aromatic rings. The maximum Gasteiger partial charge on any atom is 0.209 e. The molecule has 0 atom stereocenters. The van der Waals surface area contributed by atoms with Crippen LogP contribution in [-0.2, 0) is 11.2 Å². The number of rotatable bonds is 8. The summed E-state index contributed by atoms with van der Waals surface area (Å²) in [7, 11) is 0. The van der Waals surface area contributed by atoms with Crippen LogP contribution < -0.4 is 10.6 Å². The van der Waals surface area contributed by atoms with E-state index in [-0.39, 0.29) is 0 Å². The maximum absolute atomic E-state index is 8.93. The molecule has 0 amide bonds. The lowest BCUT2D eigenvalue weighted by Gasteiger charge is -2.20. The highest BCUT2D eigenvalue weighted by molar-refractivity contribution is 6.36. The minimum atomic E-state index is 0.527. The number of benzene rings is 1. The number of hydrogen-bond acceptors (Lipinski definition) is 7. The van der Waals surface area contributed by atoms with Crippen LogP contribution in [0.5, 0.6) is 0 Å². The van der Waals surface area contributed by atoms with E-state index in [2.05, 4.69) is 27.9 Å². The van der Waals surface area contributed by atoms with E-state index in [0.29, 0.717) is 46.4 Å². The summed E-state index contributed by atoms with van der Waals surface area (Å²) in [5, 5.41) is 16.7. The standard InChI is InChI=1S/C26H25Cl2N7O/c27-19-2-3-21(22(28)12-19)23-13-25-33-20(11-17-5-9-36-10-6-17)16-35(25)26(34-23)31-8-7-30-24-4-1-18(14-29)15-32-24/h1-4,12-13,15-17H,5-11H2,(H,30,32)(H,31,34). The fourth-order valence-corrected chi connectivity index (χ4v) is 4.78. The molecule has 184 valence electrons. The quantitative estimate of drug-likeness (QED) is 0.296. The number of nitriles is 1. The van der Waals surface area contributed by atoms with Gasteiger partial charge in [-0.15, -0.1) is 0 Å². The van der Waals surface area contributed by atoms with Crippen molar-refractivity contribution in [1.82, 2.24) is 19.4 Å². The predicted octanol–water partition coefficient (Wildman–Crippen LogP) is 5.46. The molecule has 0 radical (unpaired) electrons. The molecule has 1 aromatic carbocycles. The SMILES string of the molecule is N#Cc1ccc(NCCNc2nc(-c3ccc(Cl)cc3Cl)cc3nc(CC4CCOCC4)cn23)nc1. The third-order valence-corrected chi connectivity index (χ3v) is 6.70. The number of halogens is 2. The number of nitrogens with one attached hydrogen (secondary N) is 2. The summed E-state index contributed by atoms with van der Waals surface area (Å²) in [5.74, 6) is 1.95. The highest BCUT2D eigenvalue weighted by atomic mass is 35.5. The van der Waals surface area contributed by atoms with E-state index in [1.807, 2.05) is 16.5 Å². The minimum absolute atomic E-state index is 0.527. The zero-order valence-electron chi connectivity index (χ0n) is 19.5. The van der Waals surface area contributed by atoms with Crippen molar-refractivity contribution in [3.8, 4) is 17.3 Å².